The van der Waals surface area contributed by atoms with Crippen molar-refractivity contribution in [2.75, 3.05) is 11.9 Å². The minimum atomic E-state index is -0.216. The molecule has 0 saturated carbocycles. The molecule has 0 spiro atoms. The molecule has 2 N–H and O–H groups in total. The SMILES string of the molecule is C[C@H](NC(=O)Nc1cccc(-c2nnc3n2CCC3)c1)[C@H]1CCCO1. The van der Waals surface area contributed by atoms with Gasteiger partial charge in [-0.3, -0.25) is 0 Å². The van der Waals surface area contributed by atoms with Crippen LogP contribution in [0, 0.1) is 0 Å². The van der Waals surface area contributed by atoms with Gasteiger partial charge in [-0.1, -0.05) is 12.1 Å². The molecule has 2 aliphatic heterocycles. The number of hydrogen-bond acceptors (Lipinski definition) is 4. The van der Waals surface area contributed by atoms with Crippen LogP contribution in [0.1, 0.15) is 32.0 Å². The van der Waals surface area contributed by atoms with Gasteiger partial charge in [-0.05, 0) is 38.3 Å². The third-order valence-electron chi connectivity index (χ3n) is 4.87. The van der Waals surface area contributed by atoms with Crippen molar-refractivity contribution in [3.63, 3.8) is 0 Å². The van der Waals surface area contributed by atoms with Crippen molar-refractivity contribution in [1.29, 1.82) is 0 Å². The number of carbonyl (C=O) groups is 1. The van der Waals surface area contributed by atoms with Gasteiger partial charge in [0.05, 0.1) is 12.1 Å². The first-order valence-electron chi connectivity index (χ1n) is 8.92. The number of fused-ring (bicyclic) bond motifs is 1. The first-order chi connectivity index (χ1) is 12.2. The molecule has 0 unspecified atom stereocenters. The van der Waals surface area contributed by atoms with Crippen molar-refractivity contribution in [3.8, 4) is 11.4 Å². The van der Waals surface area contributed by atoms with Crippen molar-refractivity contribution in [2.45, 2.75) is 51.3 Å². The lowest BCUT2D eigenvalue weighted by molar-refractivity contribution is 0.0868. The third kappa shape index (κ3) is 3.37. The van der Waals surface area contributed by atoms with Gasteiger partial charge in [0, 0.05) is 30.8 Å². The number of rotatable bonds is 4. The Balaban J connectivity index is 1.43. The zero-order chi connectivity index (χ0) is 17.2. The molecule has 4 rings (SSSR count). The number of benzene rings is 1. The van der Waals surface area contributed by atoms with Gasteiger partial charge in [0.25, 0.3) is 0 Å². The number of urea groups is 1. The van der Waals surface area contributed by atoms with Gasteiger partial charge < -0.3 is 19.9 Å². The summed E-state index contributed by atoms with van der Waals surface area (Å²) in [5.74, 6) is 1.90. The van der Waals surface area contributed by atoms with E-state index in [2.05, 4.69) is 25.4 Å². The Hall–Kier alpha value is -2.41. The Bertz CT molecular complexity index is 767. The van der Waals surface area contributed by atoms with E-state index in [0.717, 1.165) is 61.7 Å². The Morgan fingerprint density at radius 2 is 2.28 bits per heavy atom. The molecule has 0 bridgehead atoms. The fraction of sp³-hybridized carbons (Fsp3) is 0.500. The van der Waals surface area contributed by atoms with Gasteiger partial charge >= 0.3 is 6.03 Å². The molecule has 7 nitrogen and oxygen atoms in total. The molecular weight excluding hydrogens is 318 g/mol. The Morgan fingerprint density at radius 3 is 3.12 bits per heavy atom. The summed E-state index contributed by atoms with van der Waals surface area (Å²) in [4.78, 5) is 12.3. The molecule has 0 radical (unpaired) electrons. The number of ether oxygens (including phenoxy) is 1. The molecule has 1 aromatic carbocycles. The van der Waals surface area contributed by atoms with Crippen molar-refractivity contribution in [3.05, 3.63) is 30.1 Å². The highest BCUT2D eigenvalue weighted by Gasteiger charge is 2.24. The summed E-state index contributed by atoms with van der Waals surface area (Å²) < 4.78 is 7.77. The number of aromatic nitrogens is 3. The fourth-order valence-electron chi connectivity index (χ4n) is 3.56. The first-order valence-corrected chi connectivity index (χ1v) is 8.92. The molecule has 132 valence electrons. The summed E-state index contributed by atoms with van der Waals surface area (Å²) in [5.41, 5.74) is 1.70. The summed E-state index contributed by atoms with van der Waals surface area (Å²) in [5, 5.41) is 14.4. The second-order valence-corrected chi connectivity index (χ2v) is 6.71. The van der Waals surface area contributed by atoms with Crippen LogP contribution in [0.15, 0.2) is 24.3 Å². The van der Waals surface area contributed by atoms with E-state index in [1.807, 2.05) is 31.2 Å². The topological polar surface area (TPSA) is 81.1 Å². The third-order valence-corrected chi connectivity index (χ3v) is 4.87. The largest absolute Gasteiger partial charge is 0.376 e. The molecule has 7 heteroatoms. The molecule has 2 aromatic rings. The number of nitrogens with one attached hydrogen (secondary N) is 2. The Morgan fingerprint density at radius 1 is 1.36 bits per heavy atom. The second-order valence-electron chi connectivity index (χ2n) is 6.71. The van der Waals surface area contributed by atoms with Crippen LogP contribution in [0.4, 0.5) is 10.5 Å². The summed E-state index contributed by atoms with van der Waals surface area (Å²) in [6, 6.07) is 7.50. The molecule has 1 fully saturated rings. The van der Waals surface area contributed by atoms with Crippen LogP contribution < -0.4 is 10.6 Å². The predicted octanol–water partition coefficient (Wildman–Crippen LogP) is 2.58. The highest BCUT2D eigenvalue weighted by Crippen LogP contribution is 2.25. The number of anilines is 1. The van der Waals surface area contributed by atoms with E-state index in [1.165, 1.54) is 0 Å². The van der Waals surface area contributed by atoms with E-state index < -0.39 is 0 Å². The van der Waals surface area contributed by atoms with Crippen LogP contribution in [0.3, 0.4) is 0 Å². The van der Waals surface area contributed by atoms with Gasteiger partial charge in [0.1, 0.15) is 5.82 Å². The highest BCUT2D eigenvalue weighted by molar-refractivity contribution is 5.90. The number of aryl methyl sites for hydroxylation is 1. The fourth-order valence-corrected chi connectivity index (χ4v) is 3.56. The van der Waals surface area contributed by atoms with Gasteiger partial charge in [0.15, 0.2) is 5.82 Å². The normalized spacial score (nSPS) is 20.3. The maximum absolute atomic E-state index is 12.3. The van der Waals surface area contributed by atoms with E-state index in [-0.39, 0.29) is 18.2 Å². The van der Waals surface area contributed by atoms with Crippen molar-refractivity contribution in [1.82, 2.24) is 20.1 Å². The minimum absolute atomic E-state index is 0.00884. The van der Waals surface area contributed by atoms with Crippen LogP contribution >= 0.6 is 0 Å². The average Bonchev–Trinajstić information content (AvgIpc) is 3.32. The van der Waals surface area contributed by atoms with E-state index in [1.54, 1.807) is 0 Å². The average molecular weight is 341 g/mol. The molecule has 2 aliphatic rings. The monoisotopic (exact) mass is 341 g/mol. The number of carbonyl (C=O) groups excluding carboxylic acids is 1. The lowest BCUT2D eigenvalue weighted by Gasteiger charge is -2.20. The van der Waals surface area contributed by atoms with Gasteiger partial charge in [-0.2, -0.15) is 0 Å². The summed E-state index contributed by atoms with van der Waals surface area (Å²) in [6.45, 7) is 3.71. The van der Waals surface area contributed by atoms with E-state index in [0.29, 0.717) is 0 Å². The van der Waals surface area contributed by atoms with Gasteiger partial charge in [-0.25, -0.2) is 4.79 Å². The van der Waals surface area contributed by atoms with Crippen LogP contribution in [0.25, 0.3) is 11.4 Å². The molecule has 25 heavy (non-hydrogen) atoms. The van der Waals surface area contributed by atoms with Crippen LogP contribution in [0.2, 0.25) is 0 Å². The van der Waals surface area contributed by atoms with E-state index in [9.17, 15) is 4.79 Å². The molecular formula is C18H23N5O2. The summed E-state index contributed by atoms with van der Waals surface area (Å²) in [6.07, 6.45) is 4.25. The quantitative estimate of drug-likeness (QED) is 0.896. The maximum atomic E-state index is 12.3. The molecule has 0 aliphatic carbocycles. The standard InChI is InChI=1S/C18H23N5O2/c1-12(15-7-4-10-25-15)19-18(24)20-14-6-2-5-13(11-14)17-22-21-16-8-3-9-23(16)17/h2,5-6,11-12,15H,3-4,7-10H2,1H3,(H2,19,20,24)/t12-,15+/m0/s1. The lowest BCUT2D eigenvalue weighted by Crippen LogP contribution is -2.42. The number of amides is 2. The maximum Gasteiger partial charge on any atom is 0.319 e. The molecule has 1 saturated heterocycles. The predicted molar refractivity (Wildman–Crippen MR) is 94.4 cm³/mol. The Labute approximate surface area is 146 Å². The zero-order valence-corrected chi connectivity index (χ0v) is 14.4. The summed E-state index contributed by atoms with van der Waals surface area (Å²) >= 11 is 0. The minimum Gasteiger partial charge on any atom is -0.376 e. The van der Waals surface area contributed by atoms with Crippen molar-refractivity contribution in [2.24, 2.45) is 0 Å². The highest BCUT2D eigenvalue weighted by atomic mass is 16.5. The van der Waals surface area contributed by atoms with Crippen LogP contribution in [0.5, 0.6) is 0 Å². The molecule has 1 aromatic heterocycles. The van der Waals surface area contributed by atoms with Crippen LogP contribution in [-0.2, 0) is 17.7 Å². The van der Waals surface area contributed by atoms with E-state index in [4.69, 9.17) is 4.74 Å². The Kier molecular flexibility index (Phi) is 4.40. The van der Waals surface area contributed by atoms with Crippen LogP contribution in [-0.4, -0.2) is 39.5 Å². The van der Waals surface area contributed by atoms with Crippen molar-refractivity contribution < 1.29 is 9.53 Å². The smallest absolute Gasteiger partial charge is 0.319 e. The number of nitrogens with zero attached hydrogens (tertiary/aromatic N) is 3. The first kappa shape index (κ1) is 16.1. The molecule has 2 atom stereocenters. The lowest BCUT2D eigenvalue weighted by atomic mass is 10.1. The number of hydrogen-bond donors (Lipinski definition) is 2. The van der Waals surface area contributed by atoms with Crippen molar-refractivity contribution >= 4 is 11.7 Å². The summed E-state index contributed by atoms with van der Waals surface area (Å²) in [7, 11) is 0. The second kappa shape index (κ2) is 6.84. The van der Waals surface area contributed by atoms with Gasteiger partial charge in [0.2, 0.25) is 0 Å². The zero-order valence-electron chi connectivity index (χ0n) is 14.4. The molecule has 3 heterocycles. The van der Waals surface area contributed by atoms with Gasteiger partial charge in [-0.15, -0.1) is 10.2 Å². The van der Waals surface area contributed by atoms with E-state index >= 15 is 0 Å². The molecule has 2 amide bonds.